The highest BCUT2D eigenvalue weighted by atomic mass is 32.1. The molecule has 0 fully saturated rings. The van der Waals surface area contributed by atoms with Crippen LogP contribution in [-0.2, 0) is 11.3 Å². The van der Waals surface area contributed by atoms with Gasteiger partial charge in [-0.2, -0.15) is 0 Å². The Hall–Kier alpha value is -1.10. The van der Waals surface area contributed by atoms with E-state index in [1.54, 1.807) is 5.38 Å². The molecule has 1 aromatic rings. The fourth-order valence-electron chi connectivity index (χ4n) is 0.657. The van der Waals surface area contributed by atoms with E-state index in [0.29, 0.717) is 0 Å². The average molecular weight is 173 g/mol. The molecular formula is C6H7NO3S. The normalized spacial score (nSPS) is 9.82. The second-order valence-corrected chi connectivity index (χ2v) is 2.92. The van der Waals surface area contributed by atoms with E-state index in [1.165, 1.54) is 21.6 Å². The summed E-state index contributed by atoms with van der Waals surface area (Å²) in [6, 6.07) is 1.42. The van der Waals surface area contributed by atoms with Crippen LogP contribution in [-0.4, -0.2) is 15.0 Å². The van der Waals surface area contributed by atoms with Crippen LogP contribution in [0, 0.1) is 0 Å². The van der Waals surface area contributed by atoms with Crippen molar-refractivity contribution in [2.45, 2.75) is 13.0 Å². The SMILES string of the molecule is O=C(O)CCn1sccc1=O. The molecule has 4 nitrogen and oxygen atoms in total. The molecule has 5 heteroatoms. The minimum Gasteiger partial charge on any atom is -0.481 e. The van der Waals surface area contributed by atoms with Crippen LogP contribution >= 0.6 is 11.5 Å². The first-order valence-electron chi connectivity index (χ1n) is 3.07. The molecule has 1 heterocycles. The maximum atomic E-state index is 10.8. The molecule has 11 heavy (non-hydrogen) atoms. The molecule has 0 unspecified atom stereocenters. The first kappa shape index (κ1) is 8.00. The van der Waals surface area contributed by atoms with Crippen molar-refractivity contribution in [2.24, 2.45) is 0 Å². The minimum atomic E-state index is -0.884. The number of hydrogen-bond acceptors (Lipinski definition) is 3. The zero-order chi connectivity index (χ0) is 8.27. The molecule has 0 aliphatic carbocycles. The Kier molecular flexibility index (Phi) is 2.43. The average Bonchev–Trinajstić information content (AvgIpc) is 2.31. The van der Waals surface area contributed by atoms with Crippen LogP contribution in [0.4, 0.5) is 0 Å². The van der Waals surface area contributed by atoms with Gasteiger partial charge in [-0.05, 0) is 0 Å². The summed E-state index contributed by atoms with van der Waals surface area (Å²) in [4.78, 5) is 20.9. The molecule has 0 amide bonds. The third-order valence-electron chi connectivity index (χ3n) is 1.17. The van der Waals surface area contributed by atoms with E-state index >= 15 is 0 Å². The Bertz CT molecular complexity index is 301. The molecule has 1 N–H and O–H groups in total. The van der Waals surface area contributed by atoms with Gasteiger partial charge in [0, 0.05) is 18.0 Å². The van der Waals surface area contributed by atoms with Gasteiger partial charge in [0.05, 0.1) is 6.42 Å². The maximum absolute atomic E-state index is 10.8. The van der Waals surface area contributed by atoms with Crippen molar-refractivity contribution in [3.63, 3.8) is 0 Å². The van der Waals surface area contributed by atoms with Gasteiger partial charge in [0.25, 0.3) is 5.56 Å². The number of aromatic nitrogens is 1. The molecule has 1 rings (SSSR count). The van der Waals surface area contributed by atoms with Crippen molar-refractivity contribution in [2.75, 3.05) is 0 Å². The summed E-state index contributed by atoms with van der Waals surface area (Å²) in [5.41, 5.74) is -0.128. The first-order valence-corrected chi connectivity index (χ1v) is 3.90. The summed E-state index contributed by atoms with van der Waals surface area (Å²) < 4.78 is 1.41. The van der Waals surface area contributed by atoms with E-state index in [1.807, 2.05) is 0 Å². The fourth-order valence-corrected chi connectivity index (χ4v) is 1.34. The van der Waals surface area contributed by atoms with E-state index < -0.39 is 5.97 Å². The number of aliphatic carboxylic acids is 1. The number of nitrogens with zero attached hydrogens (tertiary/aromatic N) is 1. The molecule has 60 valence electrons. The Morgan fingerprint density at radius 3 is 2.91 bits per heavy atom. The largest absolute Gasteiger partial charge is 0.481 e. The molecule has 0 aliphatic heterocycles. The number of carbonyl (C=O) groups is 1. The number of hydrogen-bond donors (Lipinski definition) is 1. The lowest BCUT2D eigenvalue weighted by Crippen LogP contribution is -2.14. The molecule has 0 aromatic carbocycles. The Morgan fingerprint density at radius 2 is 2.45 bits per heavy atom. The van der Waals surface area contributed by atoms with E-state index in [0.717, 1.165) is 0 Å². The summed E-state index contributed by atoms with van der Waals surface area (Å²) in [6.07, 6.45) is 0.000417. The number of carboxylic acid groups (broad SMARTS) is 1. The van der Waals surface area contributed by atoms with Crippen molar-refractivity contribution in [1.29, 1.82) is 0 Å². The molecule has 0 radical (unpaired) electrons. The van der Waals surface area contributed by atoms with Gasteiger partial charge in [-0.15, -0.1) is 0 Å². The van der Waals surface area contributed by atoms with Crippen LogP contribution in [0.1, 0.15) is 6.42 Å². The van der Waals surface area contributed by atoms with Gasteiger partial charge < -0.3 is 5.11 Å². The van der Waals surface area contributed by atoms with Crippen LogP contribution in [0.5, 0.6) is 0 Å². The Morgan fingerprint density at radius 1 is 1.73 bits per heavy atom. The van der Waals surface area contributed by atoms with Gasteiger partial charge in [-0.3, -0.25) is 13.5 Å². The van der Waals surface area contributed by atoms with Gasteiger partial charge in [0.2, 0.25) is 0 Å². The summed E-state index contributed by atoms with van der Waals surface area (Å²) in [7, 11) is 0. The van der Waals surface area contributed by atoms with E-state index in [9.17, 15) is 9.59 Å². The molecule has 0 saturated heterocycles. The quantitative estimate of drug-likeness (QED) is 0.719. The van der Waals surface area contributed by atoms with Crippen LogP contribution < -0.4 is 5.56 Å². The van der Waals surface area contributed by atoms with Crippen LogP contribution in [0.25, 0.3) is 0 Å². The molecule has 0 spiro atoms. The molecule has 0 aliphatic rings. The standard InChI is InChI=1S/C6H7NO3S/c8-5-2-4-11-7(5)3-1-6(9)10/h2,4H,1,3H2,(H,9,10). The molecule has 0 atom stereocenters. The molecule has 1 aromatic heterocycles. The Labute approximate surface area is 66.9 Å². The van der Waals surface area contributed by atoms with Crippen molar-refractivity contribution >= 4 is 17.5 Å². The van der Waals surface area contributed by atoms with Gasteiger partial charge in [0.15, 0.2) is 0 Å². The Balaban J connectivity index is 2.58. The van der Waals surface area contributed by atoms with Crippen LogP contribution in [0.15, 0.2) is 16.2 Å². The number of aryl methyl sites for hydroxylation is 1. The van der Waals surface area contributed by atoms with Crippen molar-refractivity contribution in [1.82, 2.24) is 3.96 Å². The van der Waals surface area contributed by atoms with Gasteiger partial charge >= 0.3 is 5.97 Å². The summed E-state index contributed by atoms with van der Waals surface area (Å²) in [5, 5.41) is 9.94. The lowest BCUT2D eigenvalue weighted by atomic mass is 10.4. The summed E-state index contributed by atoms with van der Waals surface area (Å²) >= 11 is 1.23. The van der Waals surface area contributed by atoms with E-state index in [4.69, 9.17) is 5.11 Å². The predicted octanol–water partition coefficient (Wildman–Crippen LogP) is 0.384. The van der Waals surface area contributed by atoms with Crippen LogP contribution in [0.3, 0.4) is 0 Å². The second-order valence-electron chi connectivity index (χ2n) is 1.99. The smallest absolute Gasteiger partial charge is 0.305 e. The molecule has 0 bridgehead atoms. The monoisotopic (exact) mass is 173 g/mol. The number of carboxylic acids is 1. The summed E-state index contributed by atoms with van der Waals surface area (Å²) in [6.45, 7) is 0.270. The maximum Gasteiger partial charge on any atom is 0.305 e. The highest BCUT2D eigenvalue weighted by Gasteiger charge is 1.99. The van der Waals surface area contributed by atoms with Gasteiger partial charge in [-0.1, -0.05) is 11.5 Å². The first-order chi connectivity index (χ1) is 5.20. The van der Waals surface area contributed by atoms with Crippen LogP contribution in [0.2, 0.25) is 0 Å². The van der Waals surface area contributed by atoms with Gasteiger partial charge in [0.1, 0.15) is 0 Å². The lowest BCUT2D eigenvalue weighted by molar-refractivity contribution is -0.137. The second kappa shape index (κ2) is 3.34. The third kappa shape index (κ3) is 2.19. The highest BCUT2D eigenvalue weighted by Crippen LogP contribution is 1.94. The highest BCUT2D eigenvalue weighted by molar-refractivity contribution is 7.04. The summed E-state index contributed by atoms with van der Waals surface area (Å²) in [5.74, 6) is -0.884. The zero-order valence-corrected chi connectivity index (χ0v) is 6.50. The van der Waals surface area contributed by atoms with E-state index in [-0.39, 0.29) is 18.5 Å². The topological polar surface area (TPSA) is 59.3 Å². The number of rotatable bonds is 3. The van der Waals surface area contributed by atoms with E-state index in [2.05, 4.69) is 0 Å². The predicted molar refractivity (Wildman–Crippen MR) is 40.8 cm³/mol. The zero-order valence-electron chi connectivity index (χ0n) is 5.69. The van der Waals surface area contributed by atoms with Gasteiger partial charge in [-0.25, -0.2) is 0 Å². The van der Waals surface area contributed by atoms with Crippen molar-refractivity contribution in [3.05, 3.63) is 21.8 Å². The van der Waals surface area contributed by atoms with Crippen molar-refractivity contribution < 1.29 is 9.90 Å². The lowest BCUT2D eigenvalue weighted by Gasteiger charge is -1.94. The minimum absolute atomic E-state index is 0.000417. The molecule has 0 saturated carbocycles. The van der Waals surface area contributed by atoms with Crippen molar-refractivity contribution in [3.8, 4) is 0 Å². The molecular weight excluding hydrogens is 166 g/mol. The third-order valence-corrected chi connectivity index (χ3v) is 2.05. The fraction of sp³-hybridized carbons (Fsp3) is 0.333.